The number of aromatic nitrogens is 3. The van der Waals surface area contributed by atoms with E-state index in [4.69, 9.17) is 11.6 Å². The summed E-state index contributed by atoms with van der Waals surface area (Å²) in [7, 11) is 0. The molecule has 0 aromatic carbocycles. The van der Waals surface area contributed by atoms with E-state index in [0.717, 1.165) is 22.7 Å². The highest BCUT2D eigenvalue weighted by molar-refractivity contribution is 7.14. The Labute approximate surface area is 125 Å². The number of halogens is 1. The molecule has 20 heavy (non-hydrogen) atoms. The maximum atomic E-state index is 10.3. The SMILES string of the molecule is CC(CCc1ccsc1Cl)Nc1ncnc(NC=O)n1. The van der Waals surface area contributed by atoms with Crippen LogP contribution in [-0.2, 0) is 11.2 Å². The van der Waals surface area contributed by atoms with Gasteiger partial charge in [-0.25, -0.2) is 9.97 Å². The van der Waals surface area contributed by atoms with Crippen LogP contribution < -0.4 is 10.6 Å². The lowest BCUT2D eigenvalue weighted by atomic mass is 10.1. The number of hydrogen-bond acceptors (Lipinski definition) is 6. The van der Waals surface area contributed by atoms with Crippen molar-refractivity contribution in [2.24, 2.45) is 0 Å². The lowest BCUT2D eigenvalue weighted by Crippen LogP contribution is -2.18. The third kappa shape index (κ3) is 4.14. The number of carbonyl (C=O) groups is 1. The van der Waals surface area contributed by atoms with Gasteiger partial charge in [0.25, 0.3) is 0 Å². The van der Waals surface area contributed by atoms with Crippen molar-refractivity contribution in [3.63, 3.8) is 0 Å². The second kappa shape index (κ2) is 7.16. The smallest absolute Gasteiger partial charge is 0.233 e. The molecule has 1 atom stereocenters. The van der Waals surface area contributed by atoms with E-state index in [1.54, 1.807) is 0 Å². The summed E-state index contributed by atoms with van der Waals surface area (Å²) in [6, 6.07) is 2.21. The van der Waals surface area contributed by atoms with Gasteiger partial charge in [-0.05, 0) is 36.8 Å². The molecule has 1 unspecified atom stereocenters. The number of nitrogens with one attached hydrogen (secondary N) is 2. The molecule has 2 N–H and O–H groups in total. The van der Waals surface area contributed by atoms with Gasteiger partial charge >= 0.3 is 0 Å². The lowest BCUT2D eigenvalue weighted by Gasteiger charge is -2.13. The Morgan fingerprint density at radius 3 is 2.95 bits per heavy atom. The van der Waals surface area contributed by atoms with Crippen molar-refractivity contribution in [2.45, 2.75) is 25.8 Å². The van der Waals surface area contributed by atoms with Gasteiger partial charge in [-0.15, -0.1) is 11.3 Å². The van der Waals surface area contributed by atoms with Gasteiger partial charge in [-0.2, -0.15) is 4.98 Å². The Hall–Kier alpha value is -1.73. The zero-order valence-electron chi connectivity index (χ0n) is 10.8. The van der Waals surface area contributed by atoms with Gasteiger partial charge in [0, 0.05) is 6.04 Å². The van der Waals surface area contributed by atoms with Crippen molar-refractivity contribution in [1.29, 1.82) is 0 Å². The maximum Gasteiger partial charge on any atom is 0.233 e. The molecule has 2 heterocycles. The van der Waals surface area contributed by atoms with Gasteiger partial charge in [0.1, 0.15) is 6.33 Å². The number of anilines is 2. The van der Waals surface area contributed by atoms with E-state index >= 15 is 0 Å². The molecule has 0 aliphatic rings. The first-order chi connectivity index (χ1) is 9.69. The summed E-state index contributed by atoms with van der Waals surface area (Å²) in [6.07, 6.45) is 3.67. The standard InChI is InChI=1S/C12H14ClN5OS/c1-8(2-3-9-4-5-20-10(9)13)17-12-15-6-14-11(18-12)16-7-19/h4-8H,2-3H2,1H3,(H2,14,15,16,17,18,19). The number of carbonyl (C=O) groups excluding carboxylic acids is 1. The predicted octanol–water partition coefficient (Wildman–Crippen LogP) is 2.59. The minimum atomic E-state index is 0.178. The molecule has 1 amide bonds. The first-order valence-corrected chi connectivity index (χ1v) is 7.32. The summed E-state index contributed by atoms with van der Waals surface area (Å²) in [4.78, 5) is 22.2. The van der Waals surface area contributed by atoms with Crippen molar-refractivity contribution in [1.82, 2.24) is 15.0 Å². The highest BCUT2D eigenvalue weighted by Gasteiger charge is 2.08. The molecule has 106 valence electrons. The van der Waals surface area contributed by atoms with Crippen LogP contribution >= 0.6 is 22.9 Å². The third-order valence-corrected chi connectivity index (χ3v) is 3.93. The average molecular weight is 312 g/mol. The molecule has 0 spiro atoms. The van der Waals surface area contributed by atoms with E-state index in [0.29, 0.717) is 12.4 Å². The highest BCUT2D eigenvalue weighted by atomic mass is 35.5. The zero-order valence-corrected chi connectivity index (χ0v) is 12.4. The molecular weight excluding hydrogens is 298 g/mol. The molecule has 0 fully saturated rings. The van der Waals surface area contributed by atoms with Crippen LogP contribution in [0, 0.1) is 0 Å². The molecule has 0 aliphatic carbocycles. The first kappa shape index (κ1) is 14.7. The molecule has 8 heteroatoms. The van der Waals surface area contributed by atoms with E-state index in [9.17, 15) is 4.79 Å². The van der Waals surface area contributed by atoms with Crippen LogP contribution in [0.1, 0.15) is 18.9 Å². The lowest BCUT2D eigenvalue weighted by molar-refractivity contribution is -0.105. The number of aryl methyl sites for hydroxylation is 1. The van der Waals surface area contributed by atoms with Gasteiger partial charge in [-0.3, -0.25) is 10.1 Å². The van der Waals surface area contributed by atoms with Gasteiger partial charge in [0.15, 0.2) is 0 Å². The molecule has 0 aliphatic heterocycles. The van der Waals surface area contributed by atoms with Crippen molar-refractivity contribution in [3.05, 3.63) is 27.7 Å². The first-order valence-electron chi connectivity index (χ1n) is 6.06. The summed E-state index contributed by atoms with van der Waals surface area (Å²) in [6.45, 7) is 2.04. The summed E-state index contributed by atoms with van der Waals surface area (Å²) >= 11 is 7.60. The monoisotopic (exact) mass is 311 g/mol. The fourth-order valence-electron chi connectivity index (χ4n) is 1.65. The van der Waals surface area contributed by atoms with Crippen LogP contribution in [0.4, 0.5) is 11.9 Å². The summed E-state index contributed by atoms with van der Waals surface area (Å²) in [5.74, 6) is 0.666. The average Bonchev–Trinajstić information content (AvgIpc) is 2.83. The Morgan fingerprint density at radius 1 is 1.45 bits per heavy atom. The van der Waals surface area contributed by atoms with Crippen LogP contribution in [0.2, 0.25) is 4.34 Å². The molecule has 0 saturated heterocycles. The second-order valence-electron chi connectivity index (χ2n) is 4.20. The molecule has 6 nitrogen and oxygen atoms in total. The fraction of sp³-hybridized carbons (Fsp3) is 0.333. The molecule has 0 radical (unpaired) electrons. The predicted molar refractivity (Wildman–Crippen MR) is 80.2 cm³/mol. The summed E-state index contributed by atoms with van der Waals surface area (Å²) in [5.41, 5.74) is 1.16. The van der Waals surface area contributed by atoms with E-state index in [1.165, 1.54) is 17.7 Å². The van der Waals surface area contributed by atoms with E-state index in [1.807, 2.05) is 18.4 Å². The molecule has 2 aromatic rings. The maximum absolute atomic E-state index is 10.3. The Kier molecular flexibility index (Phi) is 5.25. The third-order valence-electron chi connectivity index (χ3n) is 2.68. The Bertz CT molecular complexity index is 576. The number of hydrogen-bond donors (Lipinski definition) is 2. The second-order valence-corrected chi connectivity index (χ2v) is 5.72. The van der Waals surface area contributed by atoms with Gasteiger partial charge < -0.3 is 5.32 Å². The van der Waals surface area contributed by atoms with Gasteiger partial charge in [0.05, 0.1) is 4.34 Å². The highest BCUT2D eigenvalue weighted by Crippen LogP contribution is 2.24. The normalized spacial score (nSPS) is 11.9. The number of nitrogens with zero attached hydrogens (tertiary/aromatic N) is 3. The van der Waals surface area contributed by atoms with E-state index in [2.05, 4.69) is 25.6 Å². The van der Waals surface area contributed by atoms with Crippen molar-refractivity contribution in [2.75, 3.05) is 10.6 Å². The van der Waals surface area contributed by atoms with Crippen molar-refractivity contribution < 1.29 is 4.79 Å². The minimum Gasteiger partial charge on any atom is -0.352 e. The fourth-order valence-corrected chi connectivity index (χ4v) is 2.64. The molecule has 2 aromatic heterocycles. The quantitative estimate of drug-likeness (QED) is 0.768. The van der Waals surface area contributed by atoms with Crippen LogP contribution in [0.25, 0.3) is 0 Å². The molecule has 0 bridgehead atoms. The van der Waals surface area contributed by atoms with Gasteiger partial charge in [0.2, 0.25) is 18.3 Å². The van der Waals surface area contributed by atoms with Crippen LogP contribution in [0.5, 0.6) is 0 Å². The molecular formula is C12H14ClN5OS. The van der Waals surface area contributed by atoms with Crippen LogP contribution in [0.3, 0.4) is 0 Å². The molecule has 2 rings (SSSR count). The largest absolute Gasteiger partial charge is 0.352 e. The number of rotatable bonds is 7. The van der Waals surface area contributed by atoms with Crippen LogP contribution in [0.15, 0.2) is 17.8 Å². The number of thiophene rings is 1. The van der Waals surface area contributed by atoms with Crippen molar-refractivity contribution >= 4 is 41.2 Å². The molecule has 0 saturated carbocycles. The number of amides is 1. The Morgan fingerprint density at radius 2 is 2.25 bits per heavy atom. The zero-order chi connectivity index (χ0) is 14.4. The topological polar surface area (TPSA) is 79.8 Å². The summed E-state index contributed by atoms with van der Waals surface area (Å²) < 4.78 is 0.842. The van der Waals surface area contributed by atoms with E-state index in [-0.39, 0.29) is 12.0 Å². The van der Waals surface area contributed by atoms with Crippen molar-refractivity contribution in [3.8, 4) is 0 Å². The Balaban J connectivity index is 1.87. The minimum absolute atomic E-state index is 0.178. The van der Waals surface area contributed by atoms with E-state index < -0.39 is 0 Å². The van der Waals surface area contributed by atoms with Crippen LogP contribution in [-0.4, -0.2) is 27.4 Å². The summed E-state index contributed by atoms with van der Waals surface area (Å²) in [5, 5.41) is 7.53. The van der Waals surface area contributed by atoms with Gasteiger partial charge in [-0.1, -0.05) is 11.6 Å².